The molecule has 156 valence electrons. The molecule has 0 aliphatic heterocycles. The third-order valence-corrected chi connectivity index (χ3v) is 5.21. The minimum atomic E-state index is -0.340. The Bertz CT molecular complexity index is 1040. The number of benzene rings is 3. The van der Waals surface area contributed by atoms with Gasteiger partial charge >= 0.3 is 0 Å². The molecule has 30 heavy (non-hydrogen) atoms. The van der Waals surface area contributed by atoms with E-state index in [0.717, 1.165) is 0 Å². The molecule has 0 spiro atoms. The van der Waals surface area contributed by atoms with Crippen molar-refractivity contribution < 1.29 is 23.7 Å². The Morgan fingerprint density at radius 1 is 0.867 bits per heavy atom. The Hall–Kier alpha value is -2.90. The van der Waals surface area contributed by atoms with Crippen molar-refractivity contribution in [3.8, 4) is 28.7 Å². The van der Waals surface area contributed by atoms with Gasteiger partial charge in [-0.15, -0.1) is 0 Å². The van der Waals surface area contributed by atoms with Crippen molar-refractivity contribution in [1.29, 1.82) is 0 Å². The van der Waals surface area contributed by atoms with Crippen molar-refractivity contribution in [2.45, 2.75) is 0 Å². The molecule has 0 heterocycles. The molecule has 3 aromatic rings. The molecule has 0 aliphatic carbocycles. The van der Waals surface area contributed by atoms with Gasteiger partial charge < -0.3 is 24.3 Å². The third kappa shape index (κ3) is 4.80. The molecule has 0 atom stereocenters. The molecule has 3 rings (SSSR count). The summed E-state index contributed by atoms with van der Waals surface area (Å²) in [7, 11) is 4.48. The Morgan fingerprint density at radius 2 is 1.43 bits per heavy atom. The molecule has 0 fully saturated rings. The van der Waals surface area contributed by atoms with Gasteiger partial charge in [-0.25, -0.2) is 0 Å². The molecule has 3 aromatic carbocycles. The van der Waals surface area contributed by atoms with E-state index >= 15 is 0 Å². The van der Waals surface area contributed by atoms with Gasteiger partial charge in [0.25, 0.3) is 5.91 Å². The Labute approximate surface area is 187 Å². The lowest BCUT2D eigenvalue weighted by atomic mass is 10.1. The first-order valence-electron chi connectivity index (χ1n) is 8.80. The maximum atomic E-state index is 12.8. The van der Waals surface area contributed by atoms with Gasteiger partial charge in [-0.05, 0) is 70.5 Å². The number of amides is 1. The van der Waals surface area contributed by atoms with E-state index in [2.05, 4.69) is 21.2 Å². The number of anilines is 1. The molecule has 8 heteroatoms. The molecule has 1 amide bonds. The first-order valence-corrected chi connectivity index (χ1v) is 9.97. The zero-order chi connectivity index (χ0) is 21.7. The van der Waals surface area contributed by atoms with Gasteiger partial charge in [-0.2, -0.15) is 0 Å². The maximum Gasteiger partial charge on any atom is 0.257 e. The number of carbonyl (C=O) groups excluding carboxylic acids is 1. The van der Waals surface area contributed by atoms with Crippen LogP contribution in [0.1, 0.15) is 10.4 Å². The van der Waals surface area contributed by atoms with Gasteiger partial charge in [0.05, 0.1) is 31.4 Å². The monoisotopic (exact) mass is 491 g/mol. The van der Waals surface area contributed by atoms with Crippen LogP contribution < -0.4 is 24.3 Å². The quantitative estimate of drug-likeness (QED) is 0.427. The summed E-state index contributed by atoms with van der Waals surface area (Å²) in [5, 5.41) is 3.48. The van der Waals surface area contributed by atoms with Crippen molar-refractivity contribution in [1.82, 2.24) is 0 Å². The summed E-state index contributed by atoms with van der Waals surface area (Å²) in [6, 6.07) is 15.6. The van der Waals surface area contributed by atoms with Crippen LogP contribution in [0.2, 0.25) is 5.02 Å². The van der Waals surface area contributed by atoms with E-state index < -0.39 is 0 Å². The summed E-state index contributed by atoms with van der Waals surface area (Å²) < 4.78 is 22.2. The first-order chi connectivity index (χ1) is 14.5. The summed E-state index contributed by atoms with van der Waals surface area (Å²) in [5.41, 5.74) is 0.940. The molecule has 0 aromatic heterocycles. The summed E-state index contributed by atoms with van der Waals surface area (Å²) in [4.78, 5) is 12.8. The van der Waals surface area contributed by atoms with Crippen LogP contribution in [0, 0.1) is 0 Å². The summed E-state index contributed by atoms with van der Waals surface area (Å²) >= 11 is 9.29. The smallest absolute Gasteiger partial charge is 0.257 e. The van der Waals surface area contributed by atoms with Crippen LogP contribution in [-0.2, 0) is 0 Å². The topological polar surface area (TPSA) is 66.0 Å². The molecule has 0 radical (unpaired) electrons. The summed E-state index contributed by atoms with van der Waals surface area (Å²) in [5.74, 6) is 2.10. The second kappa shape index (κ2) is 9.73. The summed E-state index contributed by atoms with van der Waals surface area (Å²) in [6.45, 7) is 0. The molecule has 0 bridgehead atoms. The zero-order valence-electron chi connectivity index (χ0n) is 16.5. The number of ether oxygens (including phenoxy) is 4. The third-order valence-electron chi connectivity index (χ3n) is 4.18. The number of nitrogens with one attached hydrogen (secondary N) is 1. The van der Waals surface area contributed by atoms with Gasteiger partial charge in [0.1, 0.15) is 11.5 Å². The molecule has 0 saturated carbocycles. The Kier molecular flexibility index (Phi) is 7.07. The largest absolute Gasteiger partial charge is 0.493 e. The van der Waals surface area contributed by atoms with Gasteiger partial charge in [-0.1, -0.05) is 11.6 Å². The number of halogens is 2. The van der Waals surface area contributed by atoms with E-state index in [-0.39, 0.29) is 5.91 Å². The number of rotatable bonds is 7. The van der Waals surface area contributed by atoms with E-state index in [0.29, 0.717) is 49.5 Å². The van der Waals surface area contributed by atoms with Crippen molar-refractivity contribution in [3.63, 3.8) is 0 Å². The highest BCUT2D eigenvalue weighted by Gasteiger charge is 2.23. The van der Waals surface area contributed by atoms with Crippen molar-refractivity contribution in [2.24, 2.45) is 0 Å². The Balaban J connectivity index is 1.78. The first kappa shape index (κ1) is 21.8. The number of hydrogen-bond donors (Lipinski definition) is 1. The number of hydrogen-bond acceptors (Lipinski definition) is 5. The fourth-order valence-corrected chi connectivity index (χ4v) is 3.49. The molecule has 6 nitrogen and oxygen atoms in total. The number of carbonyl (C=O) groups is 1. The van der Waals surface area contributed by atoms with E-state index in [4.69, 9.17) is 30.5 Å². The van der Waals surface area contributed by atoms with Crippen molar-refractivity contribution in [3.05, 3.63) is 69.7 Å². The second-order valence-electron chi connectivity index (χ2n) is 6.04. The van der Waals surface area contributed by atoms with Crippen molar-refractivity contribution >= 4 is 39.1 Å². The molecule has 0 unspecified atom stereocenters. The second-order valence-corrected chi connectivity index (χ2v) is 7.27. The van der Waals surface area contributed by atoms with Crippen LogP contribution in [0.5, 0.6) is 28.7 Å². The van der Waals surface area contributed by atoms with Gasteiger partial charge in [0, 0.05) is 10.7 Å². The molecule has 0 saturated heterocycles. The molecule has 0 aliphatic rings. The standard InChI is InChI=1S/C22H19BrClNO5/c1-27-18-12-17(19(23)21(29-3)20(18)28-2)22(26)25-14-6-10-16(11-7-14)30-15-8-4-13(24)5-9-15/h4-12H,1-3H3,(H,25,26). The highest BCUT2D eigenvalue weighted by atomic mass is 79.9. The summed E-state index contributed by atoms with van der Waals surface area (Å²) in [6.07, 6.45) is 0. The van der Waals surface area contributed by atoms with Crippen LogP contribution in [0.25, 0.3) is 0 Å². The van der Waals surface area contributed by atoms with Crippen LogP contribution in [0.15, 0.2) is 59.1 Å². The fourth-order valence-electron chi connectivity index (χ4n) is 2.73. The lowest BCUT2D eigenvalue weighted by Crippen LogP contribution is -2.13. The normalized spacial score (nSPS) is 10.3. The molecular formula is C22H19BrClNO5. The molecular weight excluding hydrogens is 474 g/mol. The Morgan fingerprint density at radius 3 is 1.97 bits per heavy atom. The van der Waals surface area contributed by atoms with Crippen molar-refractivity contribution in [2.75, 3.05) is 26.6 Å². The lowest BCUT2D eigenvalue weighted by Gasteiger charge is -2.16. The zero-order valence-corrected chi connectivity index (χ0v) is 18.8. The highest BCUT2D eigenvalue weighted by molar-refractivity contribution is 9.10. The average molecular weight is 493 g/mol. The minimum absolute atomic E-state index is 0.339. The van der Waals surface area contributed by atoms with E-state index in [1.807, 2.05) is 0 Å². The minimum Gasteiger partial charge on any atom is -0.493 e. The maximum absolute atomic E-state index is 12.8. The van der Waals surface area contributed by atoms with E-state index in [9.17, 15) is 4.79 Å². The number of methoxy groups -OCH3 is 3. The van der Waals surface area contributed by atoms with E-state index in [1.54, 1.807) is 54.6 Å². The van der Waals surface area contributed by atoms with Gasteiger partial charge in [0.2, 0.25) is 5.75 Å². The highest BCUT2D eigenvalue weighted by Crippen LogP contribution is 2.44. The predicted molar refractivity (Wildman–Crippen MR) is 120 cm³/mol. The lowest BCUT2D eigenvalue weighted by molar-refractivity contribution is 0.102. The van der Waals surface area contributed by atoms with Gasteiger partial charge in [-0.3, -0.25) is 4.79 Å². The van der Waals surface area contributed by atoms with Gasteiger partial charge in [0.15, 0.2) is 11.5 Å². The SMILES string of the molecule is COc1cc(C(=O)Nc2ccc(Oc3ccc(Cl)cc3)cc2)c(Br)c(OC)c1OC. The van der Waals surface area contributed by atoms with Crippen LogP contribution in [-0.4, -0.2) is 27.2 Å². The van der Waals surface area contributed by atoms with Crippen LogP contribution in [0.4, 0.5) is 5.69 Å². The fraction of sp³-hybridized carbons (Fsp3) is 0.136. The molecule has 1 N–H and O–H groups in total. The van der Waals surface area contributed by atoms with E-state index in [1.165, 1.54) is 21.3 Å². The average Bonchev–Trinajstić information content (AvgIpc) is 2.76. The van der Waals surface area contributed by atoms with Crippen LogP contribution >= 0.6 is 27.5 Å². The predicted octanol–water partition coefficient (Wildman–Crippen LogP) is 6.17. The van der Waals surface area contributed by atoms with Crippen LogP contribution in [0.3, 0.4) is 0 Å².